The predicted octanol–water partition coefficient (Wildman–Crippen LogP) is 3.58. The van der Waals surface area contributed by atoms with Crippen molar-refractivity contribution < 1.29 is 14.3 Å². The minimum Gasteiger partial charge on any atom is -0.493 e. The van der Waals surface area contributed by atoms with Gasteiger partial charge in [-0.1, -0.05) is 11.6 Å². The summed E-state index contributed by atoms with van der Waals surface area (Å²) in [4.78, 5) is 16.4. The summed E-state index contributed by atoms with van der Waals surface area (Å²) in [5.74, 6) is 0.526. The van der Waals surface area contributed by atoms with Crippen LogP contribution in [0.3, 0.4) is 0 Å². The monoisotopic (exact) mass is 372 g/mol. The second kappa shape index (κ2) is 7.88. The molecule has 0 aliphatic heterocycles. The maximum Gasteiger partial charge on any atom is 0.255 e. The van der Waals surface area contributed by atoms with Crippen molar-refractivity contribution >= 4 is 23.2 Å². The lowest BCUT2D eigenvalue weighted by atomic mass is 10.1. The molecule has 26 heavy (non-hydrogen) atoms. The van der Waals surface area contributed by atoms with E-state index in [1.165, 1.54) is 13.4 Å². The van der Waals surface area contributed by atoms with Crippen LogP contribution >= 0.6 is 11.6 Å². The van der Waals surface area contributed by atoms with Gasteiger partial charge in [0.2, 0.25) is 0 Å². The van der Waals surface area contributed by atoms with Crippen LogP contribution < -0.4 is 14.8 Å². The topological polar surface area (TPSA) is 78.3 Å². The molecular weight excluding hydrogens is 356 g/mol. The molecule has 3 aromatic rings. The Labute approximate surface area is 155 Å². The summed E-state index contributed by atoms with van der Waals surface area (Å²) in [6.07, 6.45) is 3.06. The highest BCUT2D eigenvalue weighted by Crippen LogP contribution is 2.36. The number of aromatic nitrogens is 3. The lowest BCUT2D eigenvalue weighted by molar-refractivity contribution is 0.102. The molecule has 0 radical (unpaired) electrons. The Morgan fingerprint density at radius 1 is 1.27 bits per heavy atom. The Hall–Kier alpha value is -3.06. The first-order valence-electron chi connectivity index (χ1n) is 7.89. The molecule has 8 heteroatoms. The number of carbonyl (C=O) groups is 1. The lowest BCUT2D eigenvalue weighted by Gasteiger charge is -2.13. The second-order valence-corrected chi connectivity index (χ2v) is 5.67. The first kappa shape index (κ1) is 17.8. The van der Waals surface area contributed by atoms with Crippen LogP contribution in [0, 0.1) is 0 Å². The van der Waals surface area contributed by atoms with Crippen LogP contribution in [0.1, 0.15) is 17.3 Å². The Balaban J connectivity index is 1.78. The van der Waals surface area contributed by atoms with Gasteiger partial charge in [-0.05, 0) is 43.3 Å². The molecule has 0 aliphatic carbocycles. The molecule has 0 aliphatic rings. The van der Waals surface area contributed by atoms with Gasteiger partial charge in [-0.3, -0.25) is 4.79 Å². The fourth-order valence-electron chi connectivity index (χ4n) is 2.38. The van der Waals surface area contributed by atoms with Gasteiger partial charge in [0.05, 0.1) is 24.4 Å². The average Bonchev–Trinajstić information content (AvgIpc) is 3.18. The molecule has 0 saturated heterocycles. The molecular formula is C18H17ClN4O3. The molecule has 1 N–H and O–H groups in total. The maximum atomic E-state index is 12.5. The number of hydrogen-bond acceptors (Lipinski definition) is 5. The van der Waals surface area contributed by atoms with E-state index in [1.54, 1.807) is 35.3 Å². The third-order valence-corrected chi connectivity index (χ3v) is 3.87. The highest BCUT2D eigenvalue weighted by molar-refractivity contribution is 6.32. The van der Waals surface area contributed by atoms with Gasteiger partial charge in [-0.15, -0.1) is 0 Å². The summed E-state index contributed by atoms with van der Waals surface area (Å²) >= 11 is 6.22. The maximum absolute atomic E-state index is 12.5. The summed E-state index contributed by atoms with van der Waals surface area (Å²) in [6, 6.07) is 10.4. The summed E-state index contributed by atoms with van der Waals surface area (Å²) in [5.41, 5.74) is 1.85. The molecule has 1 heterocycles. The number of halogens is 1. The minimum atomic E-state index is -0.304. The summed E-state index contributed by atoms with van der Waals surface area (Å²) in [7, 11) is 1.50. The Kier molecular flexibility index (Phi) is 5.38. The SMILES string of the molecule is CCOc1c(Cl)cc(C(=O)Nc2ccc(-n3cncn3)cc2)cc1OC. The number of ether oxygens (including phenoxy) is 2. The zero-order valence-corrected chi connectivity index (χ0v) is 15.0. The fraction of sp³-hybridized carbons (Fsp3) is 0.167. The van der Waals surface area contributed by atoms with Crippen molar-refractivity contribution in [2.75, 3.05) is 19.0 Å². The largest absolute Gasteiger partial charge is 0.493 e. The predicted molar refractivity (Wildman–Crippen MR) is 98.5 cm³/mol. The first-order valence-corrected chi connectivity index (χ1v) is 8.27. The van der Waals surface area contributed by atoms with Crippen LogP contribution in [0.25, 0.3) is 5.69 Å². The van der Waals surface area contributed by atoms with Gasteiger partial charge in [-0.25, -0.2) is 9.67 Å². The number of anilines is 1. The summed E-state index contributed by atoms with van der Waals surface area (Å²) < 4.78 is 12.4. The van der Waals surface area contributed by atoms with E-state index in [4.69, 9.17) is 21.1 Å². The van der Waals surface area contributed by atoms with Crippen molar-refractivity contribution in [3.63, 3.8) is 0 Å². The van der Waals surface area contributed by atoms with Gasteiger partial charge in [0.1, 0.15) is 12.7 Å². The van der Waals surface area contributed by atoms with Crippen molar-refractivity contribution in [2.24, 2.45) is 0 Å². The van der Waals surface area contributed by atoms with E-state index in [-0.39, 0.29) is 5.91 Å². The molecule has 3 rings (SSSR count). The van der Waals surface area contributed by atoms with Gasteiger partial charge < -0.3 is 14.8 Å². The molecule has 0 atom stereocenters. The van der Waals surface area contributed by atoms with Crippen LogP contribution in [0.2, 0.25) is 5.02 Å². The molecule has 134 valence electrons. The summed E-state index contributed by atoms with van der Waals surface area (Å²) in [5, 5.41) is 7.19. The van der Waals surface area contributed by atoms with Gasteiger partial charge in [-0.2, -0.15) is 5.10 Å². The summed E-state index contributed by atoms with van der Waals surface area (Å²) in [6.45, 7) is 2.29. The van der Waals surface area contributed by atoms with Gasteiger partial charge in [0, 0.05) is 11.3 Å². The number of nitrogens with zero attached hydrogens (tertiary/aromatic N) is 3. The highest BCUT2D eigenvalue weighted by atomic mass is 35.5. The van der Waals surface area contributed by atoms with Crippen LogP contribution in [0.5, 0.6) is 11.5 Å². The number of methoxy groups -OCH3 is 1. The normalized spacial score (nSPS) is 10.4. The minimum absolute atomic E-state index is 0.304. The number of amides is 1. The van der Waals surface area contributed by atoms with Crippen LogP contribution in [-0.4, -0.2) is 34.4 Å². The van der Waals surface area contributed by atoms with Gasteiger partial charge in [0.15, 0.2) is 11.5 Å². The number of rotatable bonds is 6. The van der Waals surface area contributed by atoms with Crippen LogP contribution in [-0.2, 0) is 0 Å². The molecule has 7 nitrogen and oxygen atoms in total. The molecule has 0 bridgehead atoms. The van der Waals surface area contributed by atoms with Crippen molar-refractivity contribution in [3.05, 3.63) is 59.6 Å². The zero-order valence-electron chi connectivity index (χ0n) is 14.3. The molecule has 1 amide bonds. The standard InChI is InChI=1S/C18H17ClN4O3/c1-3-26-17-15(19)8-12(9-16(17)25-2)18(24)22-13-4-6-14(7-5-13)23-11-20-10-21-23/h4-11H,3H2,1-2H3,(H,22,24). The molecule has 0 fully saturated rings. The van der Waals surface area contributed by atoms with Crippen molar-refractivity contribution in [2.45, 2.75) is 6.92 Å². The van der Waals surface area contributed by atoms with E-state index in [1.807, 2.05) is 19.1 Å². The van der Waals surface area contributed by atoms with E-state index < -0.39 is 0 Å². The van der Waals surface area contributed by atoms with Crippen molar-refractivity contribution in [3.8, 4) is 17.2 Å². The number of nitrogens with one attached hydrogen (secondary N) is 1. The highest BCUT2D eigenvalue weighted by Gasteiger charge is 2.16. The van der Waals surface area contributed by atoms with E-state index in [0.29, 0.717) is 34.4 Å². The third-order valence-electron chi connectivity index (χ3n) is 3.59. The van der Waals surface area contributed by atoms with E-state index >= 15 is 0 Å². The third kappa shape index (κ3) is 3.78. The van der Waals surface area contributed by atoms with E-state index in [2.05, 4.69) is 15.4 Å². The molecule has 0 unspecified atom stereocenters. The number of hydrogen-bond donors (Lipinski definition) is 1. The van der Waals surface area contributed by atoms with Crippen LogP contribution in [0.4, 0.5) is 5.69 Å². The molecule has 0 saturated carbocycles. The smallest absolute Gasteiger partial charge is 0.255 e. The zero-order chi connectivity index (χ0) is 18.5. The Morgan fingerprint density at radius 3 is 2.65 bits per heavy atom. The van der Waals surface area contributed by atoms with E-state index in [0.717, 1.165) is 5.69 Å². The number of carbonyl (C=O) groups excluding carboxylic acids is 1. The Morgan fingerprint density at radius 2 is 2.04 bits per heavy atom. The molecule has 0 spiro atoms. The lowest BCUT2D eigenvalue weighted by Crippen LogP contribution is -2.12. The van der Waals surface area contributed by atoms with Gasteiger partial charge >= 0.3 is 0 Å². The second-order valence-electron chi connectivity index (χ2n) is 5.26. The average molecular weight is 373 g/mol. The Bertz CT molecular complexity index is 896. The van der Waals surface area contributed by atoms with Crippen LogP contribution in [0.15, 0.2) is 49.1 Å². The molecule has 1 aromatic heterocycles. The van der Waals surface area contributed by atoms with Crippen molar-refractivity contribution in [1.29, 1.82) is 0 Å². The fourth-order valence-corrected chi connectivity index (χ4v) is 2.64. The molecule has 2 aromatic carbocycles. The number of benzene rings is 2. The first-order chi connectivity index (χ1) is 12.6. The quantitative estimate of drug-likeness (QED) is 0.715. The van der Waals surface area contributed by atoms with Crippen molar-refractivity contribution in [1.82, 2.24) is 14.8 Å². The van der Waals surface area contributed by atoms with Gasteiger partial charge in [0.25, 0.3) is 5.91 Å². The van der Waals surface area contributed by atoms with E-state index in [9.17, 15) is 4.79 Å².